The second-order valence-electron chi connectivity index (χ2n) is 6.17. The molecule has 0 atom stereocenters. The molecule has 3 aromatic carbocycles. The normalized spacial score (nSPS) is 9.64. The summed E-state index contributed by atoms with van der Waals surface area (Å²) in [6, 6.07) is 31.8. The monoisotopic (exact) mass is 388 g/mol. The SMILES string of the molecule is C=CC.CC/C=C\CCc1ccccc1.c1ccc(Pc2ccccc2)cc1. The van der Waals surface area contributed by atoms with Gasteiger partial charge in [0.25, 0.3) is 0 Å². The molecular weight excluding hydrogens is 355 g/mol. The van der Waals surface area contributed by atoms with Crippen LogP contribution in [0.15, 0.2) is 116 Å². The Morgan fingerprint density at radius 3 is 1.57 bits per heavy atom. The maximum atomic E-state index is 3.36. The Kier molecular flexibility index (Phi) is 14.1. The van der Waals surface area contributed by atoms with Crippen molar-refractivity contribution >= 4 is 19.2 Å². The fourth-order valence-electron chi connectivity index (χ4n) is 2.39. The van der Waals surface area contributed by atoms with Gasteiger partial charge in [0.1, 0.15) is 0 Å². The fraction of sp³-hybridized carbons (Fsp3) is 0.185. The largest absolute Gasteiger partial charge is 0.103 e. The quantitative estimate of drug-likeness (QED) is 0.312. The van der Waals surface area contributed by atoms with E-state index in [1.54, 1.807) is 6.08 Å². The lowest BCUT2D eigenvalue weighted by Crippen LogP contribution is -2.01. The number of benzene rings is 3. The molecule has 0 unspecified atom stereocenters. The van der Waals surface area contributed by atoms with Crippen LogP contribution in [0.4, 0.5) is 0 Å². The third-order valence-electron chi connectivity index (χ3n) is 3.68. The average molecular weight is 389 g/mol. The molecule has 0 aromatic heterocycles. The van der Waals surface area contributed by atoms with E-state index < -0.39 is 0 Å². The van der Waals surface area contributed by atoms with E-state index >= 15 is 0 Å². The first-order valence-corrected chi connectivity index (χ1v) is 10.9. The van der Waals surface area contributed by atoms with Crippen LogP contribution in [-0.2, 0) is 6.42 Å². The summed E-state index contributed by atoms with van der Waals surface area (Å²) in [6.07, 6.45) is 9.71. The van der Waals surface area contributed by atoms with Crippen molar-refractivity contribution in [2.24, 2.45) is 0 Å². The smallest absolute Gasteiger partial charge is 0.0226 e. The van der Waals surface area contributed by atoms with Gasteiger partial charge in [0, 0.05) is 0 Å². The van der Waals surface area contributed by atoms with Gasteiger partial charge in [-0.1, -0.05) is 125 Å². The van der Waals surface area contributed by atoms with Gasteiger partial charge in [-0.05, 0) is 42.4 Å². The van der Waals surface area contributed by atoms with Crippen LogP contribution >= 0.6 is 8.58 Å². The topological polar surface area (TPSA) is 0 Å². The van der Waals surface area contributed by atoms with Crippen LogP contribution in [0.25, 0.3) is 0 Å². The Morgan fingerprint density at radius 2 is 1.14 bits per heavy atom. The molecule has 0 N–H and O–H groups in total. The zero-order chi connectivity index (χ0) is 20.3. The molecule has 0 fully saturated rings. The Labute approximate surface area is 173 Å². The first-order valence-electron chi connectivity index (χ1n) is 9.93. The minimum atomic E-state index is 0.777. The van der Waals surface area contributed by atoms with Crippen molar-refractivity contribution < 1.29 is 0 Å². The molecule has 0 bridgehead atoms. The average Bonchev–Trinajstić information content (AvgIpc) is 2.75. The van der Waals surface area contributed by atoms with Crippen LogP contribution in [0.2, 0.25) is 0 Å². The van der Waals surface area contributed by atoms with Gasteiger partial charge >= 0.3 is 0 Å². The van der Waals surface area contributed by atoms with Crippen molar-refractivity contribution in [3.05, 3.63) is 121 Å². The van der Waals surface area contributed by atoms with E-state index in [1.165, 1.54) is 16.2 Å². The molecule has 0 saturated carbocycles. The van der Waals surface area contributed by atoms with E-state index in [2.05, 4.69) is 117 Å². The highest BCUT2D eigenvalue weighted by Crippen LogP contribution is 2.08. The lowest BCUT2D eigenvalue weighted by atomic mass is 10.1. The highest BCUT2D eigenvalue weighted by Gasteiger charge is 1.92. The minimum Gasteiger partial charge on any atom is -0.103 e. The number of aryl methyl sites for hydroxylation is 1. The van der Waals surface area contributed by atoms with Crippen LogP contribution < -0.4 is 10.6 Å². The van der Waals surface area contributed by atoms with E-state index in [9.17, 15) is 0 Å². The predicted octanol–water partition coefficient (Wildman–Crippen LogP) is 7.09. The van der Waals surface area contributed by atoms with E-state index in [-0.39, 0.29) is 0 Å². The molecule has 0 aliphatic rings. The first kappa shape index (κ1) is 23.6. The van der Waals surface area contributed by atoms with Crippen molar-refractivity contribution in [1.29, 1.82) is 0 Å². The van der Waals surface area contributed by atoms with Gasteiger partial charge in [0.15, 0.2) is 0 Å². The van der Waals surface area contributed by atoms with Crippen LogP contribution in [-0.4, -0.2) is 0 Å². The summed E-state index contributed by atoms with van der Waals surface area (Å²) in [4.78, 5) is 0. The molecule has 0 radical (unpaired) electrons. The second kappa shape index (κ2) is 16.7. The molecule has 146 valence electrons. The van der Waals surface area contributed by atoms with Crippen molar-refractivity contribution in [3.8, 4) is 0 Å². The zero-order valence-corrected chi connectivity index (χ0v) is 18.2. The summed E-state index contributed by atoms with van der Waals surface area (Å²) in [5, 5.41) is 2.79. The molecule has 3 aromatic rings. The number of rotatable bonds is 6. The molecule has 0 spiro atoms. The zero-order valence-electron chi connectivity index (χ0n) is 17.2. The summed E-state index contributed by atoms with van der Waals surface area (Å²) in [5.74, 6) is 0. The molecule has 28 heavy (non-hydrogen) atoms. The Balaban J connectivity index is 0.000000247. The summed E-state index contributed by atoms with van der Waals surface area (Å²) >= 11 is 0. The first-order chi connectivity index (χ1) is 13.8. The van der Waals surface area contributed by atoms with E-state index in [0.29, 0.717) is 0 Å². The van der Waals surface area contributed by atoms with E-state index in [1.807, 2.05) is 6.92 Å². The summed E-state index contributed by atoms with van der Waals surface area (Å²) in [7, 11) is 0.777. The number of allylic oxidation sites excluding steroid dienone is 3. The highest BCUT2D eigenvalue weighted by molar-refractivity contribution is 7.55. The van der Waals surface area contributed by atoms with Gasteiger partial charge in [-0.15, -0.1) is 6.58 Å². The van der Waals surface area contributed by atoms with Gasteiger partial charge in [0.05, 0.1) is 0 Å². The van der Waals surface area contributed by atoms with Gasteiger partial charge in [-0.2, -0.15) is 0 Å². The fourth-order valence-corrected chi connectivity index (χ4v) is 3.44. The number of hydrogen-bond donors (Lipinski definition) is 0. The van der Waals surface area contributed by atoms with Crippen LogP contribution in [0, 0.1) is 0 Å². The molecule has 0 aliphatic heterocycles. The van der Waals surface area contributed by atoms with Crippen molar-refractivity contribution in [3.63, 3.8) is 0 Å². The van der Waals surface area contributed by atoms with Gasteiger partial charge < -0.3 is 0 Å². The molecule has 3 rings (SSSR count). The van der Waals surface area contributed by atoms with Crippen LogP contribution in [0.5, 0.6) is 0 Å². The second-order valence-corrected chi connectivity index (χ2v) is 7.57. The molecule has 0 saturated heterocycles. The molecule has 0 heterocycles. The summed E-state index contributed by atoms with van der Waals surface area (Å²) < 4.78 is 0. The molecule has 0 nitrogen and oxygen atoms in total. The predicted molar refractivity (Wildman–Crippen MR) is 131 cm³/mol. The summed E-state index contributed by atoms with van der Waals surface area (Å²) in [5.41, 5.74) is 1.43. The standard InChI is InChI=1S/C12H11P.C12H16.C3H6/c1-3-7-11(8-4-1)13-12-9-5-2-6-10-12;1-2-3-4-6-9-12-10-7-5-8-11-12;1-3-2/h1-10,13H;3-5,7-8,10-11H,2,6,9H2,1H3;3H,1H2,2H3/b;4-3-;. The van der Waals surface area contributed by atoms with Crippen molar-refractivity contribution in [2.75, 3.05) is 0 Å². The summed E-state index contributed by atoms with van der Waals surface area (Å²) in [6.45, 7) is 7.42. The number of hydrogen-bond acceptors (Lipinski definition) is 0. The Morgan fingerprint density at radius 1 is 0.714 bits per heavy atom. The maximum absolute atomic E-state index is 3.36. The molecular formula is C27H33P. The minimum absolute atomic E-state index is 0.777. The lowest BCUT2D eigenvalue weighted by Gasteiger charge is -2.00. The van der Waals surface area contributed by atoms with E-state index in [0.717, 1.165) is 27.8 Å². The van der Waals surface area contributed by atoms with Gasteiger partial charge in [-0.3, -0.25) is 0 Å². The Hall–Kier alpha value is -2.43. The van der Waals surface area contributed by atoms with Crippen molar-refractivity contribution in [1.82, 2.24) is 0 Å². The molecule has 0 aliphatic carbocycles. The van der Waals surface area contributed by atoms with E-state index in [4.69, 9.17) is 0 Å². The third-order valence-corrected chi connectivity index (χ3v) is 4.93. The maximum Gasteiger partial charge on any atom is -0.0226 e. The molecule has 0 amide bonds. The van der Waals surface area contributed by atoms with Gasteiger partial charge in [-0.25, -0.2) is 0 Å². The van der Waals surface area contributed by atoms with Crippen LogP contribution in [0.3, 0.4) is 0 Å². The Bertz CT molecular complexity index is 709. The van der Waals surface area contributed by atoms with Crippen LogP contribution in [0.1, 0.15) is 32.3 Å². The van der Waals surface area contributed by atoms with Crippen molar-refractivity contribution in [2.45, 2.75) is 33.1 Å². The highest BCUT2D eigenvalue weighted by atomic mass is 31.1. The third kappa shape index (κ3) is 12.0. The van der Waals surface area contributed by atoms with Gasteiger partial charge in [0.2, 0.25) is 0 Å². The lowest BCUT2D eigenvalue weighted by molar-refractivity contribution is 0.992. The molecule has 1 heteroatoms.